The molecule has 1 rings (SSSR count). The van der Waals surface area contributed by atoms with Gasteiger partial charge >= 0.3 is 5.97 Å². The highest BCUT2D eigenvalue weighted by molar-refractivity contribution is 5.78. The molecule has 0 saturated carbocycles. The molecule has 0 bridgehead atoms. The van der Waals surface area contributed by atoms with Crippen molar-refractivity contribution in [2.45, 2.75) is 32.2 Å². The Labute approximate surface area is 110 Å². The summed E-state index contributed by atoms with van der Waals surface area (Å²) in [5.41, 5.74) is -0.743. The normalized spacial score (nSPS) is 19.1. The third-order valence-corrected chi connectivity index (χ3v) is 4.10. The number of rotatable bonds is 7. The molecule has 106 valence electrons. The Morgan fingerprint density at radius 3 is 2.22 bits per heavy atom. The van der Waals surface area contributed by atoms with E-state index in [9.17, 15) is 9.90 Å². The van der Waals surface area contributed by atoms with Crippen molar-refractivity contribution in [3.05, 3.63) is 0 Å². The molecule has 0 atom stereocenters. The molecular formula is C13H27N3O2. The van der Waals surface area contributed by atoms with Gasteiger partial charge in [-0.1, -0.05) is 13.8 Å². The Balaban J connectivity index is 2.33. The predicted octanol–water partition coefficient (Wildman–Crippen LogP) is 0.467. The molecule has 0 aromatic rings. The minimum absolute atomic E-state index is 0.627. The van der Waals surface area contributed by atoms with Gasteiger partial charge in [0.2, 0.25) is 0 Å². The van der Waals surface area contributed by atoms with Gasteiger partial charge in [0.1, 0.15) is 5.54 Å². The molecule has 0 spiro atoms. The number of nitrogens with zero attached hydrogens (tertiary/aromatic N) is 2. The van der Waals surface area contributed by atoms with Crippen LogP contribution in [0.15, 0.2) is 0 Å². The number of piperazine rings is 1. The van der Waals surface area contributed by atoms with E-state index in [0.717, 1.165) is 39.3 Å². The summed E-state index contributed by atoms with van der Waals surface area (Å²) in [5.74, 6) is -0.731. The molecule has 0 aromatic heterocycles. The van der Waals surface area contributed by atoms with E-state index < -0.39 is 11.5 Å². The van der Waals surface area contributed by atoms with Gasteiger partial charge < -0.3 is 15.3 Å². The molecule has 0 radical (unpaired) electrons. The van der Waals surface area contributed by atoms with Gasteiger partial charge in [0.15, 0.2) is 0 Å². The molecule has 1 saturated heterocycles. The SMILES string of the molecule is CCC(CC)(NCCN1CCN(C)CC1)C(=O)O. The van der Waals surface area contributed by atoms with Crippen LogP contribution in [0.5, 0.6) is 0 Å². The Morgan fingerprint density at radius 2 is 1.78 bits per heavy atom. The lowest BCUT2D eigenvalue weighted by atomic mass is 9.93. The molecule has 0 unspecified atom stereocenters. The molecule has 2 N–H and O–H groups in total. The van der Waals surface area contributed by atoms with Crippen LogP contribution in [0.25, 0.3) is 0 Å². The monoisotopic (exact) mass is 257 g/mol. The molecule has 1 aliphatic heterocycles. The maximum Gasteiger partial charge on any atom is 0.323 e. The van der Waals surface area contributed by atoms with Crippen LogP contribution in [0.1, 0.15) is 26.7 Å². The van der Waals surface area contributed by atoms with Crippen LogP contribution < -0.4 is 5.32 Å². The average molecular weight is 257 g/mol. The zero-order chi connectivity index (χ0) is 13.6. The highest BCUT2D eigenvalue weighted by Gasteiger charge is 2.33. The first kappa shape index (κ1) is 15.4. The zero-order valence-electron chi connectivity index (χ0n) is 11.9. The van der Waals surface area contributed by atoms with Gasteiger partial charge in [-0.3, -0.25) is 9.69 Å². The Bertz CT molecular complexity index is 259. The lowest BCUT2D eigenvalue weighted by Crippen LogP contribution is -2.54. The average Bonchev–Trinajstić information content (AvgIpc) is 2.37. The first-order valence-corrected chi connectivity index (χ1v) is 6.93. The second-order valence-electron chi connectivity index (χ2n) is 5.17. The number of carboxylic acids is 1. The number of carbonyl (C=O) groups is 1. The minimum atomic E-state index is -0.743. The summed E-state index contributed by atoms with van der Waals surface area (Å²) in [4.78, 5) is 16.0. The van der Waals surface area contributed by atoms with E-state index >= 15 is 0 Å². The third-order valence-electron chi connectivity index (χ3n) is 4.10. The fourth-order valence-corrected chi connectivity index (χ4v) is 2.40. The van der Waals surface area contributed by atoms with Gasteiger partial charge in [-0.15, -0.1) is 0 Å². The van der Waals surface area contributed by atoms with E-state index in [1.807, 2.05) is 13.8 Å². The molecule has 0 aromatic carbocycles. The predicted molar refractivity (Wildman–Crippen MR) is 72.9 cm³/mol. The summed E-state index contributed by atoms with van der Waals surface area (Å²) in [6.45, 7) is 9.91. The fraction of sp³-hybridized carbons (Fsp3) is 0.923. The standard InChI is InChI=1S/C13H27N3O2/c1-4-13(5-2,12(17)18)14-6-7-16-10-8-15(3)9-11-16/h14H,4-11H2,1-3H3,(H,17,18). The molecule has 1 aliphatic rings. The maximum atomic E-state index is 11.3. The molecule has 1 fully saturated rings. The minimum Gasteiger partial charge on any atom is -0.480 e. The van der Waals surface area contributed by atoms with Gasteiger partial charge in [0, 0.05) is 39.3 Å². The molecule has 0 aliphatic carbocycles. The Hall–Kier alpha value is -0.650. The van der Waals surface area contributed by atoms with E-state index in [0.29, 0.717) is 12.8 Å². The van der Waals surface area contributed by atoms with E-state index in [2.05, 4.69) is 22.2 Å². The summed E-state index contributed by atoms with van der Waals surface area (Å²) in [6.07, 6.45) is 1.25. The zero-order valence-corrected chi connectivity index (χ0v) is 11.9. The number of aliphatic carboxylic acids is 1. The largest absolute Gasteiger partial charge is 0.480 e. The van der Waals surface area contributed by atoms with Crippen LogP contribution in [-0.2, 0) is 4.79 Å². The van der Waals surface area contributed by atoms with Crippen molar-refractivity contribution in [3.63, 3.8) is 0 Å². The molecule has 5 nitrogen and oxygen atoms in total. The fourth-order valence-electron chi connectivity index (χ4n) is 2.40. The lowest BCUT2D eigenvalue weighted by Gasteiger charge is -2.34. The van der Waals surface area contributed by atoms with Gasteiger partial charge in [0.05, 0.1) is 0 Å². The summed E-state index contributed by atoms with van der Waals surface area (Å²) in [7, 11) is 2.14. The molecule has 1 heterocycles. The van der Waals surface area contributed by atoms with E-state index in [-0.39, 0.29) is 0 Å². The molecule has 5 heteroatoms. The van der Waals surface area contributed by atoms with Crippen molar-refractivity contribution in [1.29, 1.82) is 0 Å². The van der Waals surface area contributed by atoms with Crippen molar-refractivity contribution >= 4 is 5.97 Å². The van der Waals surface area contributed by atoms with Crippen molar-refractivity contribution in [2.24, 2.45) is 0 Å². The Kier molecular flexibility index (Phi) is 6.05. The third kappa shape index (κ3) is 3.93. The second kappa shape index (κ2) is 7.07. The van der Waals surface area contributed by atoms with Crippen molar-refractivity contribution < 1.29 is 9.90 Å². The van der Waals surface area contributed by atoms with Crippen LogP contribution >= 0.6 is 0 Å². The lowest BCUT2D eigenvalue weighted by molar-refractivity contribution is -0.145. The van der Waals surface area contributed by atoms with Gasteiger partial charge in [-0.2, -0.15) is 0 Å². The van der Waals surface area contributed by atoms with Gasteiger partial charge in [0.25, 0.3) is 0 Å². The second-order valence-corrected chi connectivity index (χ2v) is 5.17. The van der Waals surface area contributed by atoms with Gasteiger partial charge in [-0.25, -0.2) is 0 Å². The van der Waals surface area contributed by atoms with Crippen LogP contribution in [0.2, 0.25) is 0 Å². The number of hydrogen-bond donors (Lipinski definition) is 2. The van der Waals surface area contributed by atoms with Crippen LogP contribution in [0.4, 0.5) is 0 Å². The number of nitrogens with one attached hydrogen (secondary N) is 1. The molecular weight excluding hydrogens is 230 g/mol. The highest BCUT2D eigenvalue weighted by Crippen LogP contribution is 2.15. The summed E-state index contributed by atoms with van der Waals surface area (Å²) in [6, 6.07) is 0. The first-order valence-electron chi connectivity index (χ1n) is 6.93. The summed E-state index contributed by atoms with van der Waals surface area (Å²) >= 11 is 0. The van der Waals surface area contributed by atoms with Gasteiger partial charge in [-0.05, 0) is 19.9 Å². The van der Waals surface area contributed by atoms with E-state index in [1.165, 1.54) is 0 Å². The number of hydrogen-bond acceptors (Lipinski definition) is 4. The van der Waals surface area contributed by atoms with Crippen LogP contribution in [0, 0.1) is 0 Å². The summed E-state index contributed by atoms with van der Waals surface area (Å²) < 4.78 is 0. The molecule has 18 heavy (non-hydrogen) atoms. The van der Waals surface area contributed by atoms with Crippen molar-refractivity contribution in [2.75, 3.05) is 46.3 Å². The quantitative estimate of drug-likeness (QED) is 0.694. The number of likely N-dealkylation sites (N-methyl/N-ethyl adjacent to an activating group) is 1. The summed E-state index contributed by atoms with van der Waals surface area (Å²) in [5, 5.41) is 12.5. The van der Waals surface area contributed by atoms with Crippen molar-refractivity contribution in [3.8, 4) is 0 Å². The topological polar surface area (TPSA) is 55.8 Å². The van der Waals surface area contributed by atoms with Crippen LogP contribution in [0.3, 0.4) is 0 Å². The first-order chi connectivity index (χ1) is 8.54. The van der Waals surface area contributed by atoms with Crippen LogP contribution in [-0.4, -0.2) is 72.7 Å². The van der Waals surface area contributed by atoms with Crippen molar-refractivity contribution in [1.82, 2.24) is 15.1 Å². The van der Waals surface area contributed by atoms with E-state index in [1.54, 1.807) is 0 Å². The number of carboxylic acid groups (broad SMARTS) is 1. The maximum absolute atomic E-state index is 11.3. The highest BCUT2D eigenvalue weighted by atomic mass is 16.4. The molecule has 0 amide bonds. The Morgan fingerprint density at radius 1 is 1.22 bits per heavy atom. The van der Waals surface area contributed by atoms with E-state index in [4.69, 9.17) is 0 Å². The smallest absolute Gasteiger partial charge is 0.323 e.